The molecule has 1 atom stereocenters. The molecule has 3 rings (SSSR count). The Morgan fingerprint density at radius 2 is 2.30 bits per heavy atom. The van der Waals surface area contributed by atoms with Gasteiger partial charge in [-0.2, -0.15) is 0 Å². The van der Waals surface area contributed by atoms with Gasteiger partial charge in [0, 0.05) is 43.8 Å². The molecule has 106 valence electrons. The summed E-state index contributed by atoms with van der Waals surface area (Å²) in [5.74, 6) is 0.0247. The Morgan fingerprint density at radius 3 is 3.10 bits per heavy atom. The summed E-state index contributed by atoms with van der Waals surface area (Å²) in [5, 5.41) is 4.24. The zero-order valence-electron chi connectivity index (χ0n) is 11.6. The zero-order valence-corrected chi connectivity index (χ0v) is 11.6. The first-order valence-electron chi connectivity index (χ1n) is 6.89. The highest BCUT2D eigenvalue weighted by Crippen LogP contribution is 2.19. The van der Waals surface area contributed by atoms with Gasteiger partial charge in [-0.15, -0.1) is 0 Å². The van der Waals surface area contributed by atoms with E-state index in [9.17, 15) is 4.79 Å². The topological polar surface area (TPSA) is 57.4 Å². The Bertz CT molecular complexity index is 602. The largest absolute Gasteiger partial charge is 0.374 e. The van der Waals surface area contributed by atoms with Crippen LogP contribution in [0.25, 0.3) is 10.9 Å². The number of ether oxygens (including phenoxy) is 1. The molecule has 1 fully saturated rings. The Labute approximate surface area is 117 Å². The van der Waals surface area contributed by atoms with Gasteiger partial charge in [-0.1, -0.05) is 18.2 Å². The average molecular weight is 273 g/mol. The quantitative estimate of drug-likeness (QED) is 0.884. The van der Waals surface area contributed by atoms with Gasteiger partial charge in [-0.25, -0.2) is 0 Å². The summed E-state index contributed by atoms with van der Waals surface area (Å²) >= 11 is 0. The van der Waals surface area contributed by atoms with Crippen molar-refractivity contribution in [1.82, 2.24) is 15.2 Å². The van der Waals surface area contributed by atoms with Crippen molar-refractivity contribution >= 4 is 16.8 Å². The van der Waals surface area contributed by atoms with E-state index in [-0.39, 0.29) is 12.0 Å². The highest BCUT2D eigenvalue weighted by Gasteiger charge is 2.21. The molecule has 2 heterocycles. The van der Waals surface area contributed by atoms with E-state index in [1.165, 1.54) is 0 Å². The van der Waals surface area contributed by atoms with Crippen molar-refractivity contribution in [3.8, 4) is 0 Å². The molecule has 1 aliphatic heterocycles. The lowest BCUT2D eigenvalue weighted by atomic mass is 10.1. The fraction of sp³-hybridized carbons (Fsp3) is 0.400. The van der Waals surface area contributed by atoms with Crippen LogP contribution in [0.15, 0.2) is 30.5 Å². The standard InChI is InChI=1S/C15H19N3O2/c1-18(10-11-8-16-6-7-20-11)15(19)13-9-17-14-5-3-2-4-12(13)14/h2-5,9,11,16-17H,6-8,10H2,1H3. The van der Waals surface area contributed by atoms with Crippen molar-refractivity contribution < 1.29 is 9.53 Å². The van der Waals surface area contributed by atoms with Gasteiger partial charge in [0.05, 0.1) is 18.3 Å². The van der Waals surface area contributed by atoms with E-state index >= 15 is 0 Å². The number of carbonyl (C=O) groups excluding carboxylic acids is 1. The third-order valence-electron chi connectivity index (χ3n) is 3.65. The number of carbonyl (C=O) groups is 1. The first-order valence-corrected chi connectivity index (χ1v) is 6.89. The number of hydrogen-bond donors (Lipinski definition) is 2. The van der Waals surface area contributed by atoms with Crippen LogP contribution < -0.4 is 5.32 Å². The number of fused-ring (bicyclic) bond motifs is 1. The van der Waals surface area contributed by atoms with Gasteiger partial charge in [0.25, 0.3) is 5.91 Å². The maximum Gasteiger partial charge on any atom is 0.255 e. The number of nitrogens with zero attached hydrogens (tertiary/aromatic N) is 1. The lowest BCUT2D eigenvalue weighted by Gasteiger charge is -2.28. The number of morpholine rings is 1. The number of benzene rings is 1. The summed E-state index contributed by atoms with van der Waals surface area (Å²) in [6, 6.07) is 7.84. The zero-order chi connectivity index (χ0) is 13.9. The van der Waals surface area contributed by atoms with Crippen LogP contribution in [0.1, 0.15) is 10.4 Å². The summed E-state index contributed by atoms with van der Waals surface area (Å²) in [5.41, 5.74) is 1.70. The second-order valence-corrected chi connectivity index (χ2v) is 5.13. The number of rotatable bonds is 3. The number of para-hydroxylation sites is 1. The second kappa shape index (κ2) is 5.64. The molecule has 1 amide bonds. The minimum Gasteiger partial charge on any atom is -0.374 e. The smallest absolute Gasteiger partial charge is 0.255 e. The van der Waals surface area contributed by atoms with Gasteiger partial charge in [-0.3, -0.25) is 4.79 Å². The van der Waals surface area contributed by atoms with E-state index < -0.39 is 0 Å². The Hall–Kier alpha value is -1.85. The van der Waals surface area contributed by atoms with Crippen molar-refractivity contribution in [2.24, 2.45) is 0 Å². The van der Waals surface area contributed by atoms with Crippen LogP contribution in [0, 0.1) is 0 Å². The molecule has 2 N–H and O–H groups in total. The predicted molar refractivity (Wildman–Crippen MR) is 77.9 cm³/mol. The Morgan fingerprint density at radius 1 is 1.45 bits per heavy atom. The van der Waals surface area contributed by atoms with Crippen LogP contribution >= 0.6 is 0 Å². The molecule has 0 bridgehead atoms. The van der Waals surface area contributed by atoms with Crippen LogP contribution in [-0.4, -0.2) is 55.2 Å². The molecule has 0 saturated carbocycles. The molecule has 1 aliphatic rings. The van der Waals surface area contributed by atoms with E-state index in [0.717, 1.165) is 24.0 Å². The van der Waals surface area contributed by atoms with Gasteiger partial charge in [0.2, 0.25) is 0 Å². The van der Waals surface area contributed by atoms with Crippen molar-refractivity contribution in [1.29, 1.82) is 0 Å². The Balaban J connectivity index is 1.74. The Kier molecular flexibility index (Phi) is 3.71. The summed E-state index contributed by atoms with van der Waals surface area (Å²) in [6.45, 7) is 2.99. The molecule has 0 radical (unpaired) electrons. The molecular formula is C15H19N3O2. The molecule has 2 aromatic rings. The van der Waals surface area contributed by atoms with E-state index in [1.54, 1.807) is 11.1 Å². The monoisotopic (exact) mass is 273 g/mol. The highest BCUT2D eigenvalue weighted by atomic mass is 16.5. The van der Waals surface area contributed by atoms with E-state index in [0.29, 0.717) is 18.7 Å². The second-order valence-electron chi connectivity index (χ2n) is 5.13. The molecule has 1 aromatic carbocycles. The lowest BCUT2D eigenvalue weighted by molar-refractivity contribution is 0.0104. The van der Waals surface area contributed by atoms with E-state index in [2.05, 4.69) is 10.3 Å². The lowest BCUT2D eigenvalue weighted by Crippen LogP contribution is -2.45. The molecule has 1 saturated heterocycles. The van der Waals surface area contributed by atoms with E-state index in [1.807, 2.05) is 31.3 Å². The first kappa shape index (κ1) is 13.1. The molecule has 1 unspecified atom stereocenters. The van der Waals surface area contributed by atoms with Crippen molar-refractivity contribution in [2.75, 3.05) is 33.3 Å². The summed E-state index contributed by atoms with van der Waals surface area (Å²) < 4.78 is 5.64. The van der Waals surface area contributed by atoms with Crippen LogP contribution in [0.2, 0.25) is 0 Å². The maximum atomic E-state index is 12.5. The molecule has 20 heavy (non-hydrogen) atoms. The van der Waals surface area contributed by atoms with Crippen molar-refractivity contribution in [3.63, 3.8) is 0 Å². The van der Waals surface area contributed by atoms with Crippen LogP contribution in [-0.2, 0) is 4.74 Å². The number of nitrogens with one attached hydrogen (secondary N) is 2. The number of likely N-dealkylation sites (N-methyl/N-ethyl adjacent to an activating group) is 1. The number of aromatic nitrogens is 1. The van der Waals surface area contributed by atoms with Crippen molar-refractivity contribution in [3.05, 3.63) is 36.0 Å². The average Bonchev–Trinajstić information content (AvgIpc) is 2.91. The molecule has 5 nitrogen and oxygen atoms in total. The molecule has 0 aliphatic carbocycles. The highest BCUT2D eigenvalue weighted by molar-refractivity contribution is 6.06. The van der Waals surface area contributed by atoms with Crippen molar-refractivity contribution in [2.45, 2.75) is 6.10 Å². The van der Waals surface area contributed by atoms with Gasteiger partial charge < -0.3 is 19.9 Å². The SMILES string of the molecule is CN(CC1CNCCO1)C(=O)c1c[nH]c2ccccc12. The number of aromatic amines is 1. The normalized spacial score (nSPS) is 19.1. The summed E-state index contributed by atoms with van der Waals surface area (Å²) in [7, 11) is 1.82. The fourth-order valence-electron chi connectivity index (χ4n) is 2.58. The minimum atomic E-state index is 0.0247. The van der Waals surface area contributed by atoms with Gasteiger partial charge >= 0.3 is 0 Å². The van der Waals surface area contributed by atoms with Gasteiger partial charge in [0.15, 0.2) is 0 Å². The molecular weight excluding hydrogens is 254 g/mol. The van der Waals surface area contributed by atoms with Gasteiger partial charge in [-0.05, 0) is 6.07 Å². The molecule has 5 heteroatoms. The molecule has 1 aromatic heterocycles. The minimum absolute atomic E-state index is 0.0247. The number of amides is 1. The van der Waals surface area contributed by atoms with Crippen LogP contribution in [0.5, 0.6) is 0 Å². The maximum absolute atomic E-state index is 12.5. The first-order chi connectivity index (χ1) is 9.75. The van der Waals surface area contributed by atoms with Gasteiger partial charge in [0.1, 0.15) is 0 Å². The predicted octanol–water partition coefficient (Wildman–Crippen LogP) is 1.23. The number of H-pyrrole nitrogens is 1. The van der Waals surface area contributed by atoms with Crippen LogP contribution in [0.3, 0.4) is 0 Å². The molecule has 0 spiro atoms. The van der Waals surface area contributed by atoms with Crippen LogP contribution in [0.4, 0.5) is 0 Å². The summed E-state index contributed by atoms with van der Waals surface area (Å²) in [6.07, 6.45) is 1.85. The third-order valence-corrected chi connectivity index (χ3v) is 3.65. The van der Waals surface area contributed by atoms with E-state index in [4.69, 9.17) is 4.74 Å². The number of hydrogen-bond acceptors (Lipinski definition) is 3. The third kappa shape index (κ3) is 2.55. The summed E-state index contributed by atoms with van der Waals surface area (Å²) in [4.78, 5) is 17.4. The fourth-order valence-corrected chi connectivity index (χ4v) is 2.58.